The van der Waals surface area contributed by atoms with Crippen molar-refractivity contribution in [2.45, 2.75) is 51.7 Å². The highest BCUT2D eigenvalue weighted by Crippen LogP contribution is 2.27. The Bertz CT molecular complexity index is 715. The molecule has 2 N–H and O–H groups in total. The average molecular weight is 383 g/mol. The van der Waals surface area contributed by atoms with Crippen molar-refractivity contribution in [1.29, 1.82) is 0 Å². The molecule has 0 saturated heterocycles. The molecule has 1 unspecified atom stereocenters. The number of alkyl carbamates (subject to hydrolysis) is 1. The summed E-state index contributed by atoms with van der Waals surface area (Å²) in [7, 11) is 0. The molecule has 2 aromatic rings. The molecule has 0 radical (unpaired) electrons. The topological polar surface area (TPSA) is 67.4 Å². The summed E-state index contributed by atoms with van der Waals surface area (Å²) < 4.78 is 5.17. The maximum Gasteiger partial charge on any atom is 0.407 e. The molecule has 0 bridgehead atoms. The van der Waals surface area contributed by atoms with E-state index >= 15 is 0 Å². The summed E-state index contributed by atoms with van der Waals surface area (Å²) in [5.41, 5.74) is 1.74. The van der Waals surface area contributed by atoms with Crippen molar-refractivity contribution in [1.82, 2.24) is 10.6 Å². The minimum atomic E-state index is -0.556. The number of hydrogen-bond acceptors (Lipinski definition) is 3. The number of rotatable bonds is 7. The van der Waals surface area contributed by atoms with Crippen molar-refractivity contribution < 1.29 is 14.3 Å². The van der Waals surface area contributed by atoms with E-state index in [2.05, 4.69) is 34.9 Å². The minimum absolute atomic E-state index is 0.0464. The summed E-state index contributed by atoms with van der Waals surface area (Å²) in [4.78, 5) is 24.1. The fourth-order valence-corrected chi connectivity index (χ4v) is 3.09. The molecule has 28 heavy (non-hydrogen) atoms. The SMILES string of the molecule is CC(NC(=O)CCNC(=O)OC(C)(C)C)C(c1ccccc1)c1ccccc1. The van der Waals surface area contributed by atoms with Gasteiger partial charge in [0.2, 0.25) is 5.91 Å². The van der Waals surface area contributed by atoms with Gasteiger partial charge in [-0.1, -0.05) is 60.7 Å². The Morgan fingerprint density at radius 2 is 1.43 bits per heavy atom. The maximum atomic E-state index is 12.4. The number of carbonyl (C=O) groups is 2. The maximum absolute atomic E-state index is 12.4. The van der Waals surface area contributed by atoms with Crippen LogP contribution in [0.1, 0.15) is 51.2 Å². The Morgan fingerprint density at radius 1 is 0.929 bits per heavy atom. The normalized spacial score (nSPS) is 12.3. The summed E-state index contributed by atoms with van der Waals surface area (Å²) in [6.07, 6.45) is -0.320. The van der Waals surface area contributed by atoms with Gasteiger partial charge in [0.25, 0.3) is 0 Å². The highest BCUT2D eigenvalue weighted by molar-refractivity contribution is 5.77. The van der Waals surface area contributed by atoms with Gasteiger partial charge in [-0.15, -0.1) is 0 Å². The molecule has 2 rings (SSSR count). The van der Waals surface area contributed by atoms with E-state index in [9.17, 15) is 9.59 Å². The van der Waals surface area contributed by atoms with E-state index in [4.69, 9.17) is 4.74 Å². The van der Waals surface area contributed by atoms with Gasteiger partial charge in [0.05, 0.1) is 0 Å². The Hall–Kier alpha value is -2.82. The first-order valence-corrected chi connectivity index (χ1v) is 9.62. The van der Waals surface area contributed by atoms with Crippen molar-refractivity contribution in [3.05, 3.63) is 71.8 Å². The predicted molar refractivity (Wildman–Crippen MR) is 111 cm³/mol. The summed E-state index contributed by atoms with van der Waals surface area (Å²) in [6.45, 7) is 7.63. The van der Waals surface area contributed by atoms with Crippen molar-refractivity contribution in [2.24, 2.45) is 0 Å². The first-order chi connectivity index (χ1) is 13.3. The van der Waals surface area contributed by atoms with Crippen molar-refractivity contribution in [2.75, 3.05) is 6.54 Å². The molecule has 2 aromatic carbocycles. The van der Waals surface area contributed by atoms with E-state index in [0.29, 0.717) is 0 Å². The first kappa shape index (κ1) is 21.5. The molecule has 1 atom stereocenters. The van der Waals surface area contributed by atoms with Gasteiger partial charge in [-0.3, -0.25) is 4.79 Å². The molecule has 5 nitrogen and oxygen atoms in total. The second-order valence-electron chi connectivity index (χ2n) is 7.83. The van der Waals surface area contributed by atoms with Crippen molar-refractivity contribution >= 4 is 12.0 Å². The lowest BCUT2D eigenvalue weighted by Crippen LogP contribution is -2.40. The average Bonchev–Trinajstić information content (AvgIpc) is 2.62. The van der Waals surface area contributed by atoms with Crippen LogP contribution in [-0.4, -0.2) is 30.2 Å². The van der Waals surface area contributed by atoms with Gasteiger partial charge >= 0.3 is 6.09 Å². The third-order valence-electron chi connectivity index (χ3n) is 4.23. The van der Waals surface area contributed by atoms with Crippen LogP contribution in [0, 0.1) is 0 Å². The van der Waals surface area contributed by atoms with Crippen LogP contribution in [0.15, 0.2) is 60.7 Å². The monoisotopic (exact) mass is 382 g/mol. The van der Waals surface area contributed by atoms with Gasteiger partial charge in [0.1, 0.15) is 5.60 Å². The highest BCUT2D eigenvalue weighted by atomic mass is 16.6. The fourth-order valence-electron chi connectivity index (χ4n) is 3.09. The Balaban J connectivity index is 1.95. The van der Waals surface area contributed by atoms with Crippen LogP contribution in [0.5, 0.6) is 0 Å². The van der Waals surface area contributed by atoms with Gasteiger partial charge in [0.15, 0.2) is 0 Å². The van der Waals surface area contributed by atoms with E-state index in [1.807, 2.05) is 43.3 Å². The number of carbonyl (C=O) groups excluding carboxylic acids is 2. The molecule has 0 aliphatic rings. The van der Waals surface area contributed by atoms with Gasteiger partial charge in [-0.2, -0.15) is 0 Å². The molecule has 5 heteroatoms. The molecule has 150 valence electrons. The lowest BCUT2D eigenvalue weighted by atomic mass is 9.86. The number of ether oxygens (including phenoxy) is 1. The number of hydrogen-bond donors (Lipinski definition) is 2. The second kappa shape index (κ2) is 9.93. The van der Waals surface area contributed by atoms with Gasteiger partial charge < -0.3 is 15.4 Å². The zero-order valence-electron chi connectivity index (χ0n) is 17.1. The van der Waals surface area contributed by atoms with Crippen molar-refractivity contribution in [3.8, 4) is 0 Å². The summed E-state index contributed by atoms with van der Waals surface area (Å²) in [5, 5.41) is 5.68. The van der Waals surface area contributed by atoms with E-state index in [1.165, 1.54) is 0 Å². The molecule has 0 heterocycles. The van der Waals surface area contributed by atoms with Crippen LogP contribution in [0.25, 0.3) is 0 Å². The molecule has 0 aliphatic heterocycles. The van der Waals surface area contributed by atoms with Crippen molar-refractivity contribution in [3.63, 3.8) is 0 Å². The molecule has 2 amide bonds. The predicted octanol–water partition coefficient (Wildman–Crippen LogP) is 4.24. The highest BCUT2D eigenvalue weighted by Gasteiger charge is 2.23. The van der Waals surface area contributed by atoms with E-state index in [0.717, 1.165) is 11.1 Å². The van der Waals surface area contributed by atoms with Crippen LogP contribution in [0.2, 0.25) is 0 Å². The number of amides is 2. The van der Waals surface area contributed by atoms with E-state index < -0.39 is 11.7 Å². The molecule has 0 saturated carbocycles. The summed E-state index contributed by atoms with van der Waals surface area (Å²) in [6, 6.07) is 20.2. The van der Waals surface area contributed by atoms with Gasteiger partial charge in [-0.25, -0.2) is 4.79 Å². The molecule has 0 spiro atoms. The second-order valence-corrected chi connectivity index (χ2v) is 7.83. The fraction of sp³-hybridized carbons (Fsp3) is 0.391. The van der Waals surface area contributed by atoms with Crippen LogP contribution in [-0.2, 0) is 9.53 Å². The van der Waals surface area contributed by atoms with Gasteiger partial charge in [0, 0.05) is 24.9 Å². The van der Waals surface area contributed by atoms with Crippen LogP contribution in [0.4, 0.5) is 4.79 Å². The lowest BCUT2D eigenvalue weighted by Gasteiger charge is -2.26. The van der Waals surface area contributed by atoms with E-state index in [1.54, 1.807) is 20.8 Å². The summed E-state index contributed by atoms with van der Waals surface area (Å²) >= 11 is 0. The smallest absolute Gasteiger partial charge is 0.407 e. The molecular weight excluding hydrogens is 352 g/mol. The molecule has 0 fully saturated rings. The van der Waals surface area contributed by atoms with Crippen LogP contribution < -0.4 is 10.6 Å². The van der Waals surface area contributed by atoms with Gasteiger partial charge in [-0.05, 0) is 38.8 Å². The quantitative estimate of drug-likeness (QED) is 0.753. The Labute approximate surface area is 167 Å². The Morgan fingerprint density at radius 3 is 1.89 bits per heavy atom. The molecule has 0 aliphatic carbocycles. The Kier molecular flexibility index (Phi) is 7.61. The molecular formula is C23H30N2O3. The summed E-state index contributed by atoms with van der Waals surface area (Å²) in [5.74, 6) is -0.0643. The zero-order valence-corrected chi connectivity index (χ0v) is 17.1. The standard InChI is InChI=1S/C23H30N2O3/c1-17(25-20(26)15-16-24-22(27)28-23(2,3)4)21(18-11-7-5-8-12-18)19-13-9-6-10-14-19/h5-14,17,21H,15-16H2,1-4H3,(H,24,27)(H,25,26). The molecule has 0 aromatic heterocycles. The number of benzene rings is 2. The largest absolute Gasteiger partial charge is 0.444 e. The zero-order chi connectivity index (χ0) is 20.6. The first-order valence-electron chi connectivity index (χ1n) is 9.62. The van der Waals surface area contributed by atoms with Crippen LogP contribution in [0.3, 0.4) is 0 Å². The lowest BCUT2D eigenvalue weighted by molar-refractivity contribution is -0.121. The van der Waals surface area contributed by atoms with Crippen LogP contribution >= 0.6 is 0 Å². The minimum Gasteiger partial charge on any atom is -0.444 e. The number of nitrogens with one attached hydrogen (secondary N) is 2. The third-order valence-corrected chi connectivity index (χ3v) is 4.23. The van der Waals surface area contributed by atoms with E-state index in [-0.39, 0.29) is 30.8 Å². The third kappa shape index (κ3) is 7.06.